The van der Waals surface area contributed by atoms with Crippen LogP contribution in [0.25, 0.3) is 0 Å². The molecule has 2 amide bonds. The lowest BCUT2D eigenvalue weighted by molar-refractivity contribution is -0.121. The molecule has 5 heteroatoms. The van der Waals surface area contributed by atoms with E-state index in [1.54, 1.807) is 0 Å². The number of alkyl halides is 1. The predicted molar refractivity (Wildman–Crippen MR) is 81.9 cm³/mol. The number of anilines is 1. The Morgan fingerprint density at radius 2 is 2.05 bits per heavy atom. The number of rotatable bonds is 7. The number of nitrogens with one attached hydrogen (secondary N) is 2. The minimum atomic E-state index is -0.111. The zero-order chi connectivity index (χ0) is 15.0. The van der Waals surface area contributed by atoms with Crippen LogP contribution in [0.15, 0.2) is 24.3 Å². The molecule has 0 aliphatic rings. The third-order valence-corrected chi connectivity index (χ3v) is 3.14. The molecule has 0 aliphatic heterocycles. The number of hydrogen-bond donors (Lipinski definition) is 2. The van der Waals surface area contributed by atoms with Crippen molar-refractivity contribution in [3.8, 4) is 0 Å². The molecule has 0 saturated carbocycles. The van der Waals surface area contributed by atoms with Gasteiger partial charge < -0.3 is 10.6 Å². The molecule has 1 unspecified atom stereocenters. The minimum Gasteiger partial charge on any atom is -0.350 e. The van der Waals surface area contributed by atoms with Crippen LogP contribution in [0.2, 0.25) is 0 Å². The number of unbranched alkanes of at least 4 members (excludes halogenated alkanes) is 1. The second-order valence-corrected chi connectivity index (χ2v) is 5.12. The monoisotopic (exact) mass is 296 g/mol. The Labute approximate surface area is 124 Å². The lowest BCUT2D eigenvalue weighted by atomic mass is 10.1. The first-order valence-corrected chi connectivity index (χ1v) is 7.29. The van der Waals surface area contributed by atoms with Gasteiger partial charge in [-0.15, -0.1) is 11.6 Å². The van der Waals surface area contributed by atoms with Gasteiger partial charge in [-0.2, -0.15) is 0 Å². The molecule has 0 saturated heterocycles. The minimum absolute atomic E-state index is 0.0209. The van der Waals surface area contributed by atoms with Gasteiger partial charge in [0.2, 0.25) is 11.8 Å². The van der Waals surface area contributed by atoms with E-state index in [4.69, 9.17) is 11.6 Å². The molecule has 0 aliphatic carbocycles. The Balaban J connectivity index is 2.56. The standard InChI is InChI=1S/C15H21ClN2O2/c1-11(17-15(20)8-3-4-9-16)13-6-5-7-14(10-13)18-12(2)19/h5-7,10-11H,3-4,8-9H2,1-2H3,(H,17,20)(H,18,19). The van der Waals surface area contributed by atoms with Crippen LogP contribution in [0.3, 0.4) is 0 Å². The summed E-state index contributed by atoms with van der Waals surface area (Å²) in [7, 11) is 0. The van der Waals surface area contributed by atoms with Gasteiger partial charge in [-0.1, -0.05) is 12.1 Å². The van der Waals surface area contributed by atoms with E-state index in [0.29, 0.717) is 12.3 Å². The fourth-order valence-electron chi connectivity index (χ4n) is 1.87. The van der Waals surface area contributed by atoms with Gasteiger partial charge >= 0.3 is 0 Å². The summed E-state index contributed by atoms with van der Waals surface area (Å²) in [5.41, 5.74) is 1.69. The van der Waals surface area contributed by atoms with Crippen molar-refractivity contribution >= 4 is 29.1 Å². The third-order valence-electron chi connectivity index (χ3n) is 2.87. The van der Waals surface area contributed by atoms with Crippen LogP contribution in [-0.2, 0) is 9.59 Å². The molecule has 0 radical (unpaired) electrons. The predicted octanol–water partition coefficient (Wildman–Crippen LogP) is 3.23. The van der Waals surface area contributed by atoms with Gasteiger partial charge in [-0.3, -0.25) is 9.59 Å². The lowest BCUT2D eigenvalue weighted by Crippen LogP contribution is -2.26. The molecule has 0 heterocycles. The molecule has 0 spiro atoms. The average molecular weight is 297 g/mol. The normalized spacial score (nSPS) is 11.8. The molecular formula is C15H21ClN2O2. The number of hydrogen-bond acceptors (Lipinski definition) is 2. The van der Waals surface area contributed by atoms with E-state index in [0.717, 1.165) is 24.1 Å². The first-order valence-electron chi connectivity index (χ1n) is 6.76. The van der Waals surface area contributed by atoms with E-state index in [9.17, 15) is 9.59 Å². The SMILES string of the molecule is CC(=O)Nc1cccc(C(C)NC(=O)CCCCCl)c1. The van der Waals surface area contributed by atoms with Crippen molar-refractivity contribution in [1.29, 1.82) is 0 Å². The molecule has 20 heavy (non-hydrogen) atoms. The Morgan fingerprint density at radius 3 is 2.70 bits per heavy atom. The summed E-state index contributed by atoms with van der Waals surface area (Å²) in [5.74, 6) is 0.495. The first-order chi connectivity index (χ1) is 9.52. The van der Waals surface area contributed by atoms with Crippen molar-refractivity contribution < 1.29 is 9.59 Å². The van der Waals surface area contributed by atoms with Crippen LogP contribution in [0.4, 0.5) is 5.69 Å². The number of amides is 2. The fourth-order valence-corrected chi connectivity index (χ4v) is 2.06. The van der Waals surface area contributed by atoms with Crippen molar-refractivity contribution in [2.24, 2.45) is 0 Å². The Bertz CT molecular complexity index is 463. The van der Waals surface area contributed by atoms with Crippen molar-refractivity contribution in [3.05, 3.63) is 29.8 Å². The Hall–Kier alpha value is -1.55. The smallest absolute Gasteiger partial charge is 0.221 e. The van der Waals surface area contributed by atoms with Crippen LogP contribution in [0, 0.1) is 0 Å². The topological polar surface area (TPSA) is 58.2 Å². The van der Waals surface area contributed by atoms with Gasteiger partial charge in [-0.05, 0) is 37.5 Å². The highest BCUT2D eigenvalue weighted by Crippen LogP contribution is 2.17. The average Bonchev–Trinajstić information content (AvgIpc) is 2.38. The molecule has 0 bridgehead atoms. The zero-order valence-electron chi connectivity index (χ0n) is 11.9. The molecular weight excluding hydrogens is 276 g/mol. The summed E-state index contributed by atoms with van der Waals surface area (Å²) in [6.07, 6.45) is 2.14. The second-order valence-electron chi connectivity index (χ2n) is 4.74. The van der Waals surface area contributed by atoms with Crippen molar-refractivity contribution in [1.82, 2.24) is 5.32 Å². The molecule has 1 atom stereocenters. The highest BCUT2D eigenvalue weighted by Gasteiger charge is 2.10. The van der Waals surface area contributed by atoms with E-state index < -0.39 is 0 Å². The van der Waals surface area contributed by atoms with E-state index in [1.165, 1.54) is 6.92 Å². The maximum Gasteiger partial charge on any atom is 0.221 e. The third kappa shape index (κ3) is 6.06. The van der Waals surface area contributed by atoms with E-state index in [2.05, 4.69) is 10.6 Å². The molecule has 1 aromatic rings. The molecule has 0 aromatic heterocycles. The number of carbonyl (C=O) groups excluding carboxylic acids is 2. The summed E-state index contributed by atoms with van der Waals surface area (Å²) in [4.78, 5) is 22.8. The van der Waals surface area contributed by atoms with Crippen molar-refractivity contribution in [3.63, 3.8) is 0 Å². The molecule has 110 valence electrons. The van der Waals surface area contributed by atoms with Crippen LogP contribution in [0.5, 0.6) is 0 Å². The first kappa shape index (κ1) is 16.5. The van der Waals surface area contributed by atoms with E-state index >= 15 is 0 Å². The molecule has 4 nitrogen and oxygen atoms in total. The Kier molecular flexibility index (Phi) is 7.09. The van der Waals surface area contributed by atoms with E-state index in [-0.39, 0.29) is 17.9 Å². The Morgan fingerprint density at radius 1 is 1.30 bits per heavy atom. The van der Waals surface area contributed by atoms with Gasteiger partial charge in [0.05, 0.1) is 6.04 Å². The zero-order valence-corrected chi connectivity index (χ0v) is 12.7. The number of carbonyl (C=O) groups is 2. The number of benzene rings is 1. The molecule has 1 aromatic carbocycles. The molecule has 2 N–H and O–H groups in total. The van der Waals surface area contributed by atoms with Gasteiger partial charge in [0.1, 0.15) is 0 Å². The summed E-state index contributed by atoms with van der Waals surface area (Å²) in [6, 6.07) is 7.38. The second kappa shape index (κ2) is 8.59. The van der Waals surface area contributed by atoms with Gasteiger partial charge in [0.25, 0.3) is 0 Å². The van der Waals surface area contributed by atoms with Crippen molar-refractivity contribution in [2.75, 3.05) is 11.2 Å². The fraction of sp³-hybridized carbons (Fsp3) is 0.467. The number of halogens is 1. The maximum atomic E-state index is 11.7. The molecule has 0 fully saturated rings. The van der Waals surface area contributed by atoms with Gasteiger partial charge in [-0.25, -0.2) is 0 Å². The highest BCUT2D eigenvalue weighted by molar-refractivity contribution is 6.17. The van der Waals surface area contributed by atoms with Crippen LogP contribution >= 0.6 is 11.6 Å². The summed E-state index contributed by atoms with van der Waals surface area (Å²) in [6.45, 7) is 3.39. The van der Waals surface area contributed by atoms with Crippen LogP contribution in [0.1, 0.15) is 44.7 Å². The highest BCUT2D eigenvalue weighted by atomic mass is 35.5. The summed E-state index contributed by atoms with van der Waals surface area (Å²) >= 11 is 5.58. The van der Waals surface area contributed by atoms with Gasteiger partial charge in [0.15, 0.2) is 0 Å². The van der Waals surface area contributed by atoms with Gasteiger partial charge in [0, 0.05) is 24.9 Å². The van der Waals surface area contributed by atoms with Crippen LogP contribution < -0.4 is 10.6 Å². The molecule has 1 rings (SSSR count). The lowest BCUT2D eigenvalue weighted by Gasteiger charge is -2.15. The quantitative estimate of drug-likeness (QED) is 0.599. The largest absolute Gasteiger partial charge is 0.350 e. The summed E-state index contributed by atoms with van der Waals surface area (Å²) < 4.78 is 0. The van der Waals surface area contributed by atoms with Crippen molar-refractivity contribution in [2.45, 2.75) is 39.2 Å². The van der Waals surface area contributed by atoms with E-state index in [1.807, 2.05) is 31.2 Å². The van der Waals surface area contributed by atoms with Crippen LogP contribution in [-0.4, -0.2) is 17.7 Å². The maximum absolute atomic E-state index is 11.7. The summed E-state index contributed by atoms with van der Waals surface area (Å²) in [5, 5.41) is 5.67.